The van der Waals surface area contributed by atoms with Crippen LogP contribution in [0.2, 0.25) is 0 Å². The van der Waals surface area contributed by atoms with Gasteiger partial charge < -0.3 is 10.1 Å². The average molecular weight is 518 g/mol. The second kappa shape index (κ2) is 10.3. The van der Waals surface area contributed by atoms with Gasteiger partial charge in [-0.2, -0.15) is 0 Å². The summed E-state index contributed by atoms with van der Waals surface area (Å²) in [5.41, 5.74) is 0.937. The lowest BCUT2D eigenvalue weighted by atomic mass is 10.1. The van der Waals surface area contributed by atoms with Gasteiger partial charge in [0.2, 0.25) is 10.0 Å². The lowest BCUT2D eigenvalue weighted by molar-refractivity contribution is 0.410. The molecule has 0 aliphatic carbocycles. The quantitative estimate of drug-likeness (QED) is 0.438. The summed E-state index contributed by atoms with van der Waals surface area (Å²) in [7, 11) is -2.25. The minimum atomic E-state index is -3.75. The van der Waals surface area contributed by atoms with Crippen LogP contribution in [-0.4, -0.2) is 28.1 Å². The lowest BCUT2D eigenvalue weighted by Gasteiger charge is -2.20. The highest BCUT2D eigenvalue weighted by molar-refractivity contribution is 9.11. The highest BCUT2D eigenvalue weighted by Crippen LogP contribution is 2.34. The predicted octanol–water partition coefficient (Wildman–Crippen LogP) is 4.95. The third kappa shape index (κ3) is 6.34. The summed E-state index contributed by atoms with van der Waals surface area (Å²) in [6.07, 6.45) is 3.12. The van der Waals surface area contributed by atoms with Gasteiger partial charge in [-0.1, -0.05) is 24.3 Å². The number of benzene rings is 2. The lowest BCUT2D eigenvalue weighted by Crippen LogP contribution is -2.39. The molecule has 146 valence electrons. The standard InChI is InChI=1S/C19H22Br2N2O3S/c1-3-4-8-15(13-22-14-9-6-5-7-10-14)23-27(24,25)19-12-18(26-2)16(20)11-17(19)21/h3,5-7,9-12,15,22-23H,1,4,8,13H2,2H3. The van der Waals surface area contributed by atoms with Crippen molar-refractivity contribution in [3.05, 3.63) is 64.1 Å². The zero-order valence-electron chi connectivity index (χ0n) is 14.9. The Morgan fingerprint density at radius 3 is 2.52 bits per heavy atom. The van der Waals surface area contributed by atoms with Crippen LogP contribution in [0.5, 0.6) is 5.75 Å². The molecule has 2 N–H and O–H groups in total. The van der Waals surface area contributed by atoms with E-state index in [1.54, 1.807) is 12.1 Å². The SMILES string of the molecule is C=CCCC(CNc1ccccc1)NS(=O)(=O)c1cc(OC)c(Br)cc1Br. The number of nitrogens with one attached hydrogen (secondary N) is 2. The zero-order chi connectivity index (χ0) is 19.9. The zero-order valence-corrected chi connectivity index (χ0v) is 18.9. The molecular weight excluding hydrogens is 496 g/mol. The number of sulfonamides is 1. The van der Waals surface area contributed by atoms with Gasteiger partial charge in [0.25, 0.3) is 0 Å². The molecule has 0 aromatic heterocycles. The largest absolute Gasteiger partial charge is 0.496 e. The second-order valence-electron chi connectivity index (χ2n) is 5.85. The van der Waals surface area contributed by atoms with Crippen molar-refractivity contribution < 1.29 is 13.2 Å². The number of allylic oxidation sites excluding steroid dienone is 1. The molecule has 0 spiro atoms. The topological polar surface area (TPSA) is 67.4 Å². The van der Waals surface area contributed by atoms with Gasteiger partial charge in [-0.3, -0.25) is 0 Å². The van der Waals surface area contributed by atoms with Crippen molar-refractivity contribution in [1.82, 2.24) is 4.72 Å². The molecule has 0 amide bonds. The van der Waals surface area contributed by atoms with E-state index in [1.807, 2.05) is 30.3 Å². The van der Waals surface area contributed by atoms with Gasteiger partial charge in [-0.05, 0) is 62.9 Å². The van der Waals surface area contributed by atoms with Crippen LogP contribution in [0.15, 0.2) is 69.0 Å². The molecule has 1 unspecified atom stereocenters. The van der Waals surface area contributed by atoms with E-state index in [-0.39, 0.29) is 10.9 Å². The van der Waals surface area contributed by atoms with E-state index in [9.17, 15) is 8.42 Å². The molecule has 8 heteroatoms. The first kappa shape index (κ1) is 21.9. The number of methoxy groups -OCH3 is 1. The van der Waals surface area contributed by atoms with Crippen LogP contribution in [0.25, 0.3) is 0 Å². The molecule has 27 heavy (non-hydrogen) atoms. The van der Waals surface area contributed by atoms with Crippen LogP contribution in [-0.2, 0) is 10.0 Å². The average Bonchev–Trinajstić information content (AvgIpc) is 2.64. The van der Waals surface area contributed by atoms with E-state index in [2.05, 4.69) is 48.5 Å². The van der Waals surface area contributed by atoms with Crippen molar-refractivity contribution in [3.8, 4) is 5.75 Å². The predicted molar refractivity (Wildman–Crippen MR) is 117 cm³/mol. The van der Waals surface area contributed by atoms with E-state index in [0.29, 0.717) is 34.1 Å². The summed E-state index contributed by atoms with van der Waals surface area (Å²) < 4.78 is 35.0. The van der Waals surface area contributed by atoms with E-state index >= 15 is 0 Å². The first-order chi connectivity index (χ1) is 12.9. The number of hydrogen-bond donors (Lipinski definition) is 2. The summed E-state index contributed by atoms with van der Waals surface area (Å²) in [6, 6.07) is 12.5. The summed E-state index contributed by atoms with van der Waals surface area (Å²) in [4.78, 5) is 0.130. The Morgan fingerprint density at radius 1 is 1.19 bits per heavy atom. The minimum absolute atomic E-state index is 0.130. The maximum Gasteiger partial charge on any atom is 0.242 e. The summed E-state index contributed by atoms with van der Waals surface area (Å²) in [5, 5.41) is 3.27. The van der Waals surface area contributed by atoms with Crippen molar-refractivity contribution in [2.75, 3.05) is 19.0 Å². The molecule has 0 saturated heterocycles. The van der Waals surface area contributed by atoms with Crippen molar-refractivity contribution in [3.63, 3.8) is 0 Å². The Morgan fingerprint density at radius 2 is 1.89 bits per heavy atom. The number of halogens is 2. The summed E-state index contributed by atoms with van der Waals surface area (Å²) >= 11 is 6.68. The molecule has 0 saturated carbocycles. The highest BCUT2D eigenvalue weighted by atomic mass is 79.9. The Hall–Kier alpha value is -1.35. The summed E-state index contributed by atoms with van der Waals surface area (Å²) in [5.74, 6) is 0.448. The minimum Gasteiger partial charge on any atom is -0.496 e. The van der Waals surface area contributed by atoms with Crippen LogP contribution in [0, 0.1) is 0 Å². The number of hydrogen-bond acceptors (Lipinski definition) is 4. The third-order valence-electron chi connectivity index (χ3n) is 3.86. The first-order valence-corrected chi connectivity index (χ1v) is 11.4. The fraction of sp³-hybridized carbons (Fsp3) is 0.263. The van der Waals surface area contributed by atoms with Gasteiger partial charge in [-0.25, -0.2) is 13.1 Å². The van der Waals surface area contributed by atoms with E-state index < -0.39 is 10.0 Å². The maximum atomic E-state index is 13.0. The van der Waals surface area contributed by atoms with Gasteiger partial charge >= 0.3 is 0 Å². The molecule has 5 nitrogen and oxygen atoms in total. The second-order valence-corrected chi connectivity index (χ2v) is 9.24. The van der Waals surface area contributed by atoms with Gasteiger partial charge in [0.15, 0.2) is 0 Å². The molecule has 1 atom stereocenters. The van der Waals surface area contributed by atoms with Crippen LogP contribution in [0.1, 0.15) is 12.8 Å². The monoisotopic (exact) mass is 516 g/mol. The van der Waals surface area contributed by atoms with E-state index in [1.165, 1.54) is 13.2 Å². The molecule has 2 aromatic rings. The van der Waals surface area contributed by atoms with Crippen LogP contribution < -0.4 is 14.8 Å². The van der Waals surface area contributed by atoms with Gasteiger partial charge in [0.05, 0.1) is 16.5 Å². The number of anilines is 1. The number of rotatable bonds is 10. The molecule has 0 heterocycles. The maximum absolute atomic E-state index is 13.0. The third-order valence-corrected chi connectivity index (χ3v) is 6.96. The Labute approximate surface area is 177 Å². The molecule has 0 bridgehead atoms. The van der Waals surface area contributed by atoms with E-state index in [4.69, 9.17) is 4.74 Å². The van der Waals surface area contributed by atoms with Crippen LogP contribution in [0.3, 0.4) is 0 Å². The Balaban J connectivity index is 2.20. The van der Waals surface area contributed by atoms with Crippen molar-refractivity contribution in [1.29, 1.82) is 0 Å². The summed E-state index contributed by atoms with van der Waals surface area (Å²) in [6.45, 7) is 4.19. The Kier molecular flexibility index (Phi) is 8.34. The van der Waals surface area contributed by atoms with Crippen LogP contribution >= 0.6 is 31.9 Å². The smallest absolute Gasteiger partial charge is 0.242 e. The normalized spacial score (nSPS) is 12.4. The van der Waals surface area contributed by atoms with Crippen molar-refractivity contribution >= 4 is 47.6 Å². The fourth-order valence-electron chi connectivity index (χ4n) is 2.47. The first-order valence-electron chi connectivity index (χ1n) is 8.32. The van der Waals surface area contributed by atoms with Crippen LogP contribution in [0.4, 0.5) is 5.69 Å². The molecule has 0 aliphatic rings. The van der Waals surface area contributed by atoms with Gasteiger partial charge in [0.1, 0.15) is 5.75 Å². The Bertz CT molecular complexity index is 874. The molecule has 0 radical (unpaired) electrons. The van der Waals surface area contributed by atoms with E-state index in [0.717, 1.165) is 5.69 Å². The molecule has 2 aromatic carbocycles. The van der Waals surface area contributed by atoms with Crippen molar-refractivity contribution in [2.45, 2.75) is 23.8 Å². The van der Waals surface area contributed by atoms with Gasteiger partial charge in [0, 0.05) is 28.8 Å². The molecule has 0 fully saturated rings. The van der Waals surface area contributed by atoms with Gasteiger partial charge in [-0.15, -0.1) is 6.58 Å². The number of ether oxygens (including phenoxy) is 1. The highest BCUT2D eigenvalue weighted by Gasteiger charge is 2.24. The molecular formula is C19H22Br2N2O3S. The fourth-order valence-corrected chi connectivity index (χ4v) is 5.61. The molecule has 0 aliphatic heterocycles. The van der Waals surface area contributed by atoms with Crippen molar-refractivity contribution in [2.24, 2.45) is 0 Å². The number of para-hydroxylation sites is 1. The molecule has 2 rings (SSSR count).